The van der Waals surface area contributed by atoms with Crippen LogP contribution in [0.15, 0.2) is 24.3 Å². The fourth-order valence-corrected chi connectivity index (χ4v) is 3.14. The van der Waals surface area contributed by atoms with E-state index in [-0.39, 0.29) is 5.91 Å². The SMILES string of the molecule is CCCCCN(CCNC(=O)Cc1ccc(C)cc1)S(C)(=O)=O. The van der Waals surface area contributed by atoms with Gasteiger partial charge in [-0.2, -0.15) is 0 Å². The maximum atomic E-state index is 11.9. The van der Waals surface area contributed by atoms with Crippen molar-refractivity contribution in [3.8, 4) is 0 Å². The number of nitrogens with one attached hydrogen (secondary N) is 1. The van der Waals surface area contributed by atoms with Gasteiger partial charge in [-0.3, -0.25) is 4.79 Å². The highest BCUT2D eigenvalue weighted by atomic mass is 32.2. The molecule has 1 aromatic rings. The van der Waals surface area contributed by atoms with Crippen LogP contribution < -0.4 is 5.32 Å². The van der Waals surface area contributed by atoms with E-state index in [1.54, 1.807) is 0 Å². The zero-order chi connectivity index (χ0) is 17.3. The molecule has 0 heterocycles. The first-order valence-corrected chi connectivity index (χ1v) is 9.95. The second-order valence-electron chi connectivity index (χ2n) is 5.88. The van der Waals surface area contributed by atoms with Gasteiger partial charge in [0.25, 0.3) is 0 Å². The van der Waals surface area contributed by atoms with E-state index in [2.05, 4.69) is 12.2 Å². The topological polar surface area (TPSA) is 66.5 Å². The van der Waals surface area contributed by atoms with Crippen LogP contribution in [0.3, 0.4) is 0 Å². The number of carbonyl (C=O) groups excluding carboxylic acids is 1. The number of hydrogen-bond donors (Lipinski definition) is 1. The van der Waals surface area contributed by atoms with Crippen molar-refractivity contribution in [1.29, 1.82) is 0 Å². The number of hydrogen-bond acceptors (Lipinski definition) is 3. The lowest BCUT2D eigenvalue weighted by atomic mass is 10.1. The minimum atomic E-state index is -3.22. The molecule has 1 N–H and O–H groups in total. The fraction of sp³-hybridized carbons (Fsp3) is 0.588. The molecular weight excluding hydrogens is 312 g/mol. The first kappa shape index (κ1) is 19.6. The number of nitrogens with zero attached hydrogens (tertiary/aromatic N) is 1. The number of carbonyl (C=O) groups is 1. The van der Waals surface area contributed by atoms with Gasteiger partial charge in [0.05, 0.1) is 12.7 Å². The van der Waals surface area contributed by atoms with Crippen molar-refractivity contribution in [2.24, 2.45) is 0 Å². The average molecular weight is 340 g/mol. The first-order valence-electron chi connectivity index (χ1n) is 8.10. The highest BCUT2D eigenvalue weighted by molar-refractivity contribution is 7.88. The Morgan fingerprint density at radius 2 is 1.78 bits per heavy atom. The Kier molecular flexibility index (Phi) is 8.26. The third kappa shape index (κ3) is 8.13. The van der Waals surface area contributed by atoms with E-state index in [4.69, 9.17) is 0 Å². The molecule has 0 atom stereocenters. The van der Waals surface area contributed by atoms with E-state index in [0.717, 1.165) is 30.4 Å². The van der Waals surface area contributed by atoms with Crippen LogP contribution in [0.5, 0.6) is 0 Å². The van der Waals surface area contributed by atoms with Crippen molar-refractivity contribution < 1.29 is 13.2 Å². The van der Waals surface area contributed by atoms with Crippen LogP contribution in [-0.2, 0) is 21.2 Å². The molecule has 0 fully saturated rings. The largest absolute Gasteiger partial charge is 0.354 e. The zero-order valence-corrected chi connectivity index (χ0v) is 15.2. The van der Waals surface area contributed by atoms with Crippen LogP contribution in [0.25, 0.3) is 0 Å². The molecule has 0 radical (unpaired) electrons. The molecule has 1 aromatic carbocycles. The van der Waals surface area contributed by atoms with Crippen molar-refractivity contribution in [1.82, 2.24) is 9.62 Å². The minimum absolute atomic E-state index is 0.0872. The second-order valence-corrected chi connectivity index (χ2v) is 7.86. The van der Waals surface area contributed by atoms with Gasteiger partial charge in [0.1, 0.15) is 0 Å². The van der Waals surface area contributed by atoms with Crippen LogP contribution in [0.2, 0.25) is 0 Å². The molecule has 0 aliphatic heterocycles. The molecular formula is C17H28N2O3S. The molecule has 6 heteroatoms. The highest BCUT2D eigenvalue weighted by Gasteiger charge is 2.15. The highest BCUT2D eigenvalue weighted by Crippen LogP contribution is 2.04. The molecule has 5 nitrogen and oxygen atoms in total. The van der Waals surface area contributed by atoms with Gasteiger partial charge in [0, 0.05) is 19.6 Å². The lowest BCUT2D eigenvalue weighted by Crippen LogP contribution is -2.39. The zero-order valence-electron chi connectivity index (χ0n) is 14.3. The van der Waals surface area contributed by atoms with E-state index in [1.165, 1.54) is 10.6 Å². The van der Waals surface area contributed by atoms with E-state index in [9.17, 15) is 13.2 Å². The molecule has 23 heavy (non-hydrogen) atoms. The van der Waals surface area contributed by atoms with Gasteiger partial charge in [-0.15, -0.1) is 0 Å². The van der Waals surface area contributed by atoms with Crippen LogP contribution in [-0.4, -0.2) is 44.5 Å². The number of rotatable bonds is 10. The fourth-order valence-electron chi connectivity index (χ4n) is 2.26. The normalized spacial score (nSPS) is 11.7. The Bertz CT molecular complexity index is 582. The number of unbranched alkanes of at least 4 members (excludes halogenated alkanes) is 2. The molecule has 0 aliphatic carbocycles. The molecule has 130 valence electrons. The van der Waals surface area contributed by atoms with Gasteiger partial charge < -0.3 is 5.32 Å². The second kappa shape index (κ2) is 9.67. The summed E-state index contributed by atoms with van der Waals surface area (Å²) in [5.41, 5.74) is 2.11. The van der Waals surface area contributed by atoms with E-state index < -0.39 is 10.0 Å². The summed E-state index contributed by atoms with van der Waals surface area (Å²) < 4.78 is 24.9. The van der Waals surface area contributed by atoms with E-state index in [0.29, 0.717) is 26.1 Å². The van der Waals surface area contributed by atoms with Gasteiger partial charge in [0.15, 0.2) is 0 Å². The Morgan fingerprint density at radius 3 is 2.35 bits per heavy atom. The number of benzene rings is 1. The van der Waals surface area contributed by atoms with Gasteiger partial charge in [0.2, 0.25) is 15.9 Å². The summed E-state index contributed by atoms with van der Waals surface area (Å²) in [5, 5.41) is 2.79. The van der Waals surface area contributed by atoms with Crippen LogP contribution in [0.1, 0.15) is 37.3 Å². The number of sulfonamides is 1. The van der Waals surface area contributed by atoms with Crippen LogP contribution in [0, 0.1) is 6.92 Å². The summed E-state index contributed by atoms with van der Waals surface area (Å²) in [6.07, 6.45) is 4.43. The molecule has 1 rings (SSSR count). The minimum Gasteiger partial charge on any atom is -0.354 e. The van der Waals surface area contributed by atoms with Crippen molar-refractivity contribution >= 4 is 15.9 Å². The Labute approximate surface area is 140 Å². The van der Waals surface area contributed by atoms with Gasteiger partial charge in [-0.05, 0) is 18.9 Å². The molecule has 0 aliphatic rings. The van der Waals surface area contributed by atoms with Crippen LogP contribution in [0.4, 0.5) is 0 Å². The molecule has 1 amide bonds. The lowest BCUT2D eigenvalue weighted by Gasteiger charge is -2.20. The predicted molar refractivity (Wildman–Crippen MR) is 93.8 cm³/mol. The summed E-state index contributed by atoms with van der Waals surface area (Å²) in [6.45, 7) is 5.25. The Hall–Kier alpha value is -1.40. The van der Waals surface area contributed by atoms with Gasteiger partial charge in [-0.1, -0.05) is 49.6 Å². The van der Waals surface area contributed by atoms with Gasteiger partial charge >= 0.3 is 0 Å². The van der Waals surface area contributed by atoms with E-state index >= 15 is 0 Å². The smallest absolute Gasteiger partial charge is 0.224 e. The van der Waals surface area contributed by atoms with Crippen molar-refractivity contribution in [3.63, 3.8) is 0 Å². The maximum Gasteiger partial charge on any atom is 0.224 e. The first-order chi connectivity index (χ1) is 10.8. The lowest BCUT2D eigenvalue weighted by molar-refractivity contribution is -0.120. The van der Waals surface area contributed by atoms with Gasteiger partial charge in [-0.25, -0.2) is 12.7 Å². The summed E-state index contributed by atoms with van der Waals surface area (Å²) in [6, 6.07) is 7.81. The molecule has 0 aromatic heterocycles. The summed E-state index contributed by atoms with van der Waals surface area (Å²) in [4.78, 5) is 11.9. The molecule has 0 spiro atoms. The molecule has 0 saturated heterocycles. The number of aryl methyl sites for hydroxylation is 1. The summed E-state index contributed by atoms with van der Waals surface area (Å²) in [7, 11) is -3.22. The quantitative estimate of drug-likeness (QED) is 0.663. The molecule has 0 saturated carbocycles. The summed E-state index contributed by atoms with van der Waals surface area (Å²) >= 11 is 0. The summed E-state index contributed by atoms with van der Waals surface area (Å²) in [5.74, 6) is -0.0872. The van der Waals surface area contributed by atoms with Crippen molar-refractivity contribution in [3.05, 3.63) is 35.4 Å². The van der Waals surface area contributed by atoms with Crippen LogP contribution >= 0.6 is 0 Å². The third-order valence-electron chi connectivity index (χ3n) is 3.65. The van der Waals surface area contributed by atoms with Crippen molar-refractivity contribution in [2.75, 3.05) is 25.9 Å². The molecule has 0 unspecified atom stereocenters. The predicted octanol–water partition coefficient (Wildman–Crippen LogP) is 2.11. The van der Waals surface area contributed by atoms with Crippen molar-refractivity contribution in [2.45, 2.75) is 39.5 Å². The maximum absolute atomic E-state index is 11.9. The monoisotopic (exact) mass is 340 g/mol. The molecule has 0 bridgehead atoms. The van der Waals surface area contributed by atoms with E-state index in [1.807, 2.05) is 31.2 Å². The third-order valence-corrected chi connectivity index (χ3v) is 4.95. The Morgan fingerprint density at radius 1 is 1.13 bits per heavy atom. The number of amides is 1. The Balaban J connectivity index is 2.39. The average Bonchev–Trinajstić information content (AvgIpc) is 2.47. The standard InChI is InChI=1S/C17H28N2O3S/c1-4-5-6-12-19(23(3,21)22)13-11-18-17(20)14-16-9-7-15(2)8-10-16/h7-10H,4-6,11-14H2,1-3H3,(H,18,20).